The number of rotatable bonds is 7. The van der Waals surface area contributed by atoms with Crippen LogP contribution in [0.3, 0.4) is 0 Å². The molecule has 5 nitrogen and oxygen atoms in total. The lowest BCUT2D eigenvalue weighted by atomic mass is 9.53. The van der Waals surface area contributed by atoms with Gasteiger partial charge in [-0.15, -0.1) is 0 Å². The van der Waals surface area contributed by atoms with Crippen molar-refractivity contribution in [3.8, 4) is 0 Å². The molecule has 120 valence electrons. The zero-order chi connectivity index (χ0) is 14.7. The molecule has 0 aromatic carbocycles. The number of hydrogen-bond acceptors (Lipinski definition) is 3. The number of amides is 2. The van der Waals surface area contributed by atoms with Crippen molar-refractivity contribution in [2.45, 2.75) is 50.5 Å². The van der Waals surface area contributed by atoms with Crippen LogP contribution in [-0.2, 0) is 4.74 Å². The second kappa shape index (κ2) is 6.53. The molecule has 0 unspecified atom stereocenters. The third kappa shape index (κ3) is 3.69. The molecule has 0 aliphatic heterocycles. The Balaban J connectivity index is 1.39. The van der Waals surface area contributed by atoms with Gasteiger partial charge in [0.25, 0.3) is 0 Å². The van der Waals surface area contributed by atoms with Gasteiger partial charge in [-0.2, -0.15) is 0 Å². The van der Waals surface area contributed by atoms with Crippen molar-refractivity contribution in [1.82, 2.24) is 10.6 Å². The van der Waals surface area contributed by atoms with Crippen molar-refractivity contribution in [2.24, 2.45) is 17.8 Å². The van der Waals surface area contributed by atoms with Crippen LogP contribution < -0.4 is 10.6 Å². The topological polar surface area (TPSA) is 70.6 Å². The van der Waals surface area contributed by atoms with Crippen LogP contribution in [0.15, 0.2) is 0 Å². The van der Waals surface area contributed by atoms with Gasteiger partial charge < -0.3 is 20.5 Å². The van der Waals surface area contributed by atoms with Gasteiger partial charge in [-0.05, 0) is 62.7 Å². The van der Waals surface area contributed by atoms with Crippen molar-refractivity contribution in [3.05, 3.63) is 0 Å². The number of carbonyl (C=O) groups is 1. The minimum atomic E-state index is -0.0147. The summed E-state index contributed by atoms with van der Waals surface area (Å²) in [6.07, 6.45) is 8.53. The Kier molecular flexibility index (Phi) is 4.69. The molecule has 0 spiro atoms. The standard InChI is InChI=1S/C16H28N2O3/c19-3-5-21-4-1-2-17-15(20)18-16-9-12-6-13(10-16)8-14(7-12)11-16/h12-14,19H,1-11H2,(H2,17,18,20). The van der Waals surface area contributed by atoms with Crippen LogP contribution in [0.5, 0.6) is 0 Å². The van der Waals surface area contributed by atoms with Gasteiger partial charge in [-0.3, -0.25) is 0 Å². The molecular weight excluding hydrogens is 268 g/mol. The highest BCUT2D eigenvalue weighted by atomic mass is 16.5. The van der Waals surface area contributed by atoms with Crippen LogP contribution in [0.1, 0.15) is 44.9 Å². The summed E-state index contributed by atoms with van der Waals surface area (Å²) in [4.78, 5) is 12.1. The summed E-state index contributed by atoms with van der Waals surface area (Å²) < 4.78 is 5.18. The van der Waals surface area contributed by atoms with Crippen LogP contribution in [0, 0.1) is 17.8 Å². The Morgan fingerprint density at radius 2 is 1.71 bits per heavy atom. The maximum atomic E-state index is 12.1. The molecule has 3 N–H and O–H groups in total. The van der Waals surface area contributed by atoms with Gasteiger partial charge in [0.2, 0.25) is 0 Å². The van der Waals surface area contributed by atoms with Gasteiger partial charge in [-0.25, -0.2) is 4.79 Å². The van der Waals surface area contributed by atoms with Crippen molar-refractivity contribution in [3.63, 3.8) is 0 Å². The van der Waals surface area contributed by atoms with Gasteiger partial charge in [0.15, 0.2) is 0 Å². The highest BCUT2D eigenvalue weighted by Gasteiger charge is 2.51. The largest absolute Gasteiger partial charge is 0.394 e. The molecule has 4 aliphatic carbocycles. The van der Waals surface area contributed by atoms with Crippen LogP contribution >= 0.6 is 0 Å². The first-order valence-electron chi connectivity index (χ1n) is 8.44. The van der Waals surface area contributed by atoms with Gasteiger partial charge in [0.1, 0.15) is 0 Å². The number of hydrogen-bond donors (Lipinski definition) is 3. The highest BCUT2D eigenvalue weighted by Crippen LogP contribution is 2.55. The lowest BCUT2D eigenvalue weighted by molar-refractivity contribution is -0.0135. The number of carbonyl (C=O) groups excluding carboxylic acids is 1. The van der Waals surface area contributed by atoms with E-state index in [1.807, 2.05) is 0 Å². The number of ether oxygens (including phenoxy) is 1. The predicted octanol–water partition coefficient (Wildman–Crippen LogP) is 1.65. The molecule has 21 heavy (non-hydrogen) atoms. The van der Waals surface area contributed by atoms with Crippen LogP contribution in [0.25, 0.3) is 0 Å². The molecule has 0 radical (unpaired) electrons. The summed E-state index contributed by atoms with van der Waals surface area (Å²) in [5.41, 5.74) is 0.0895. The number of aliphatic hydroxyl groups excluding tert-OH is 1. The molecule has 2 amide bonds. The van der Waals surface area contributed by atoms with Crippen molar-refractivity contribution in [1.29, 1.82) is 0 Å². The summed E-state index contributed by atoms with van der Waals surface area (Å²) in [6, 6.07) is -0.0147. The van der Waals surface area contributed by atoms with Crippen molar-refractivity contribution < 1.29 is 14.6 Å². The van der Waals surface area contributed by atoms with E-state index in [2.05, 4.69) is 10.6 Å². The number of urea groups is 1. The van der Waals surface area contributed by atoms with Crippen LogP contribution in [0.2, 0.25) is 0 Å². The summed E-state index contributed by atoms with van der Waals surface area (Å²) in [5.74, 6) is 2.55. The van der Waals surface area contributed by atoms with E-state index in [0.717, 1.165) is 24.2 Å². The number of nitrogens with one attached hydrogen (secondary N) is 2. The quantitative estimate of drug-likeness (QED) is 0.626. The highest BCUT2D eigenvalue weighted by molar-refractivity contribution is 5.74. The van der Waals surface area contributed by atoms with Crippen molar-refractivity contribution >= 4 is 6.03 Å². The summed E-state index contributed by atoms with van der Waals surface area (Å²) in [7, 11) is 0. The Labute approximate surface area is 126 Å². The lowest BCUT2D eigenvalue weighted by Crippen LogP contribution is -2.61. The molecule has 4 bridgehead atoms. The Bertz CT molecular complexity index is 337. The maximum Gasteiger partial charge on any atom is 0.315 e. The van der Waals surface area contributed by atoms with Crippen LogP contribution in [-0.4, -0.2) is 43.0 Å². The molecule has 0 saturated heterocycles. The zero-order valence-electron chi connectivity index (χ0n) is 12.8. The first kappa shape index (κ1) is 15.1. The summed E-state index contributed by atoms with van der Waals surface area (Å²) in [5, 5.41) is 14.8. The fraction of sp³-hybridized carbons (Fsp3) is 0.938. The third-order valence-electron chi connectivity index (χ3n) is 5.40. The Morgan fingerprint density at radius 1 is 1.10 bits per heavy atom. The Morgan fingerprint density at radius 3 is 2.29 bits per heavy atom. The van der Waals surface area contributed by atoms with E-state index in [4.69, 9.17) is 9.84 Å². The molecule has 4 rings (SSSR count). The fourth-order valence-electron chi connectivity index (χ4n) is 5.09. The molecule has 0 heterocycles. The first-order chi connectivity index (χ1) is 10.2. The molecule has 0 aromatic heterocycles. The average Bonchev–Trinajstić information content (AvgIpc) is 2.40. The zero-order valence-corrected chi connectivity index (χ0v) is 12.8. The smallest absolute Gasteiger partial charge is 0.315 e. The maximum absolute atomic E-state index is 12.1. The number of aliphatic hydroxyl groups is 1. The van der Waals surface area contributed by atoms with Gasteiger partial charge in [0.05, 0.1) is 13.2 Å². The summed E-state index contributed by atoms with van der Waals surface area (Å²) >= 11 is 0. The molecule has 4 saturated carbocycles. The lowest BCUT2D eigenvalue weighted by Gasteiger charge is -2.56. The molecule has 0 atom stereocenters. The second-order valence-electron chi connectivity index (χ2n) is 7.27. The predicted molar refractivity (Wildman–Crippen MR) is 80.0 cm³/mol. The van der Waals surface area contributed by atoms with Gasteiger partial charge >= 0.3 is 6.03 Å². The van der Waals surface area contributed by atoms with E-state index in [0.29, 0.717) is 19.8 Å². The molecule has 4 aliphatic rings. The van der Waals surface area contributed by atoms with E-state index < -0.39 is 0 Å². The van der Waals surface area contributed by atoms with Gasteiger partial charge in [-0.1, -0.05) is 0 Å². The molecule has 0 aromatic rings. The summed E-state index contributed by atoms with van der Waals surface area (Å²) in [6.45, 7) is 1.64. The molecule has 5 heteroatoms. The first-order valence-corrected chi connectivity index (χ1v) is 8.44. The van der Waals surface area contributed by atoms with E-state index in [-0.39, 0.29) is 18.2 Å². The van der Waals surface area contributed by atoms with Gasteiger partial charge in [0, 0.05) is 18.7 Å². The normalized spacial score (nSPS) is 36.7. The van der Waals surface area contributed by atoms with Crippen molar-refractivity contribution in [2.75, 3.05) is 26.4 Å². The molecular formula is C16H28N2O3. The minimum absolute atomic E-state index is 0.0147. The second-order valence-corrected chi connectivity index (χ2v) is 7.27. The van der Waals surface area contributed by atoms with E-state index in [1.165, 1.54) is 38.5 Å². The Hall–Kier alpha value is -0.810. The molecule has 4 fully saturated rings. The minimum Gasteiger partial charge on any atom is -0.394 e. The third-order valence-corrected chi connectivity index (χ3v) is 5.40. The monoisotopic (exact) mass is 296 g/mol. The SMILES string of the molecule is O=C(NCCCOCCO)NC12CC3CC(CC(C3)C1)C2. The fourth-order valence-corrected chi connectivity index (χ4v) is 5.09. The average molecular weight is 296 g/mol. The van der Waals surface area contributed by atoms with Crippen LogP contribution in [0.4, 0.5) is 4.79 Å². The van der Waals surface area contributed by atoms with E-state index >= 15 is 0 Å². The van der Waals surface area contributed by atoms with E-state index in [9.17, 15) is 4.79 Å². The van der Waals surface area contributed by atoms with E-state index in [1.54, 1.807) is 0 Å².